The molecule has 0 spiro atoms. The fourth-order valence-electron chi connectivity index (χ4n) is 1.64. The summed E-state index contributed by atoms with van der Waals surface area (Å²) in [5.41, 5.74) is 0.751. The van der Waals surface area contributed by atoms with Crippen LogP contribution < -0.4 is 0 Å². The van der Waals surface area contributed by atoms with Crippen molar-refractivity contribution in [1.82, 2.24) is 4.90 Å². The standard InChI is InChI=1S/C14H13NO3S3/c1-15-13(16)12(20-14(15)19)9-11(21(2,17)18)8-10-6-4-3-5-7-10/h3-9H,1-2H3. The maximum atomic E-state index is 12.0. The Balaban J connectivity index is 2.47. The lowest BCUT2D eigenvalue weighted by Crippen LogP contribution is -2.22. The summed E-state index contributed by atoms with van der Waals surface area (Å²) >= 11 is 6.13. The van der Waals surface area contributed by atoms with Crippen LogP contribution in [0.25, 0.3) is 6.08 Å². The summed E-state index contributed by atoms with van der Waals surface area (Å²) in [7, 11) is -1.88. The summed E-state index contributed by atoms with van der Waals surface area (Å²) in [6, 6.07) is 9.07. The largest absolute Gasteiger partial charge is 0.296 e. The number of carbonyl (C=O) groups is 1. The first-order valence-electron chi connectivity index (χ1n) is 5.97. The van der Waals surface area contributed by atoms with Crippen LogP contribution in [-0.4, -0.2) is 36.8 Å². The minimum absolute atomic E-state index is 0.0858. The van der Waals surface area contributed by atoms with E-state index in [0.29, 0.717) is 9.23 Å². The zero-order chi connectivity index (χ0) is 15.6. The van der Waals surface area contributed by atoms with E-state index in [1.54, 1.807) is 19.2 Å². The van der Waals surface area contributed by atoms with Crippen LogP contribution in [0.3, 0.4) is 0 Å². The zero-order valence-electron chi connectivity index (χ0n) is 11.4. The van der Waals surface area contributed by atoms with Crippen molar-refractivity contribution in [2.45, 2.75) is 0 Å². The molecule has 7 heteroatoms. The van der Waals surface area contributed by atoms with Gasteiger partial charge in [0, 0.05) is 13.3 Å². The molecule has 1 saturated heterocycles. The SMILES string of the molecule is CN1C(=O)C(=CC(=Cc2ccccc2)S(C)(=O)=O)SC1=S. The molecule has 1 amide bonds. The first kappa shape index (κ1) is 15.9. The molecule has 0 aromatic heterocycles. The molecule has 0 aliphatic carbocycles. The molecule has 1 aliphatic rings. The molecule has 0 atom stereocenters. The normalized spacial score (nSPS) is 18.7. The molecule has 110 valence electrons. The van der Waals surface area contributed by atoms with Crippen LogP contribution in [0.15, 0.2) is 46.2 Å². The molecule has 0 N–H and O–H groups in total. The number of carbonyl (C=O) groups excluding carboxylic acids is 1. The molecule has 1 aromatic rings. The molecule has 2 rings (SSSR count). The zero-order valence-corrected chi connectivity index (χ0v) is 13.9. The van der Waals surface area contributed by atoms with Crippen molar-refractivity contribution in [3.8, 4) is 0 Å². The highest BCUT2D eigenvalue weighted by molar-refractivity contribution is 8.26. The molecule has 0 saturated carbocycles. The number of amides is 1. The van der Waals surface area contributed by atoms with Gasteiger partial charge in [-0.25, -0.2) is 8.42 Å². The molecular weight excluding hydrogens is 326 g/mol. The first-order valence-corrected chi connectivity index (χ1v) is 9.09. The van der Waals surface area contributed by atoms with Crippen molar-refractivity contribution in [2.75, 3.05) is 13.3 Å². The predicted octanol–water partition coefficient (Wildman–Crippen LogP) is 2.45. The van der Waals surface area contributed by atoms with E-state index in [1.807, 2.05) is 18.2 Å². The molecule has 0 radical (unpaired) electrons. The summed E-state index contributed by atoms with van der Waals surface area (Å²) in [5.74, 6) is -0.285. The van der Waals surface area contributed by atoms with Gasteiger partial charge in [0.2, 0.25) is 0 Å². The number of allylic oxidation sites excluding steroid dienone is 1. The number of nitrogens with zero attached hydrogens (tertiary/aromatic N) is 1. The first-order chi connectivity index (χ1) is 9.79. The van der Waals surface area contributed by atoms with Gasteiger partial charge in [-0.05, 0) is 17.7 Å². The van der Waals surface area contributed by atoms with E-state index in [-0.39, 0.29) is 10.8 Å². The molecular formula is C14H13NO3S3. The Morgan fingerprint density at radius 3 is 2.38 bits per heavy atom. The third kappa shape index (κ3) is 3.81. The van der Waals surface area contributed by atoms with Gasteiger partial charge >= 0.3 is 0 Å². The summed E-state index contributed by atoms with van der Waals surface area (Å²) < 4.78 is 24.2. The van der Waals surface area contributed by atoms with E-state index in [1.165, 1.54) is 17.1 Å². The highest BCUT2D eigenvalue weighted by Gasteiger charge is 2.29. The number of thiocarbonyl (C=S) groups is 1. The Labute approximate surface area is 133 Å². The van der Waals surface area contributed by atoms with E-state index in [2.05, 4.69) is 0 Å². The van der Waals surface area contributed by atoms with Gasteiger partial charge in [-0.1, -0.05) is 54.3 Å². The molecule has 1 heterocycles. The van der Waals surface area contributed by atoms with Crippen LogP contribution in [0, 0.1) is 0 Å². The molecule has 21 heavy (non-hydrogen) atoms. The van der Waals surface area contributed by atoms with Gasteiger partial charge in [0.05, 0.1) is 9.81 Å². The number of benzene rings is 1. The smallest absolute Gasteiger partial charge is 0.265 e. The van der Waals surface area contributed by atoms with Crippen molar-refractivity contribution >= 4 is 50.1 Å². The summed E-state index contributed by atoms with van der Waals surface area (Å²) in [6.07, 6.45) is 4.04. The van der Waals surface area contributed by atoms with Crippen LogP contribution in [0.4, 0.5) is 0 Å². The quantitative estimate of drug-likeness (QED) is 0.625. The Morgan fingerprint density at radius 1 is 1.29 bits per heavy atom. The van der Waals surface area contributed by atoms with Crippen molar-refractivity contribution in [1.29, 1.82) is 0 Å². The van der Waals surface area contributed by atoms with Gasteiger partial charge in [0.1, 0.15) is 4.32 Å². The second kappa shape index (κ2) is 6.13. The summed E-state index contributed by atoms with van der Waals surface area (Å²) in [5, 5.41) is 0. The van der Waals surface area contributed by atoms with Gasteiger partial charge < -0.3 is 0 Å². The second-order valence-corrected chi connectivity index (χ2v) is 8.16. The highest BCUT2D eigenvalue weighted by atomic mass is 32.2. The highest BCUT2D eigenvalue weighted by Crippen LogP contribution is 2.31. The number of thioether (sulfide) groups is 1. The summed E-state index contributed by atoms with van der Waals surface area (Å²) in [4.78, 5) is 13.7. The van der Waals surface area contributed by atoms with Gasteiger partial charge in [-0.15, -0.1) is 0 Å². The second-order valence-electron chi connectivity index (χ2n) is 4.47. The molecule has 4 nitrogen and oxygen atoms in total. The lowest BCUT2D eigenvalue weighted by atomic mass is 10.2. The topological polar surface area (TPSA) is 54.5 Å². The van der Waals surface area contributed by atoms with Crippen LogP contribution in [0.5, 0.6) is 0 Å². The average Bonchev–Trinajstić information content (AvgIpc) is 2.66. The molecule has 1 aliphatic heterocycles. The van der Waals surface area contributed by atoms with E-state index in [0.717, 1.165) is 23.6 Å². The van der Waals surface area contributed by atoms with Crippen molar-refractivity contribution in [3.05, 3.63) is 51.8 Å². The van der Waals surface area contributed by atoms with Gasteiger partial charge in [-0.2, -0.15) is 0 Å². The van der Waals surface area contributed by atoms with Crippen molar-refractivity contribution in [2.24, 2.45) is 0 Å². The minimum Gasteiger partial charge on any atom is -0.296 e. The molecule has 1 fully saturated rings. The van der Waals surface area contributed by atoms with Crippen LogP contribution in [-0.2, 0) is 14.6 Å². The lowest BCUT2D eigenvalue weighted by molar-refractivity contribution is -0.121. The Morgan fingerprint density at radius 2 is 1.90 bits per heavy atom. The third-order valence-electron chi connectivity index (χ3n) is 2.80. The molecule has 0 unspecified atom stereocenters. The van der Waals surface area contributed by atoms with Crippen LogP contribution in [0.2, 0.25) is 0 Å². The molecule has 1 aromatic carbocycles. The third-order valence-corrected chi connectivity index (χ3v) is 5.37. The predicted molar refractivity (Wildman–Crippen MR) is 90.3 cm³/mol. The van der Waals surface area contributed by atoms with Gasteiger partial charge in [0.25, 0.3) is 5.91 Å². The summed E-state index contributed by atoms with van der Waals surface area (Å²) in [6.45, 7) is 0. The van der Waals surface area contributed by atoms with Crippen LogP contribution in [0.1, 0.15) is 5.56 Å². The lowest BCUT2D eigenvalue weighted by Gasteiger charge is -2.04. The number of hydrogen-bond acceptors (Lipinski definition) is 5. The van der Waals surface area contributed by atoms with Gasteiger partial charge in [-0.3, -0.25) is 9.69 Å². The number of sulfone groups is 1. The van der Waals surface area contributed by atoms with E-state index >= 15 is 0 Å². The van der Waals surface area contributed by atoms with E-state index in [4.69, 9.17) is 12.2 Å². The number of likely N-dealkylation sites (N-methyl/N-ethyl adjacent to an activating group) is 1. The van der Waals surface area contributed by atoms with Crippen LogP contribution >= 0.6 is 24.0 Å². The van der Waals surface area contributed by atoms with E-state index in [9.17, 15) is 13.2 Å². The number of rotatable bonds is 3. The average molecular weight is 339 g/mol. The van der Waals surface area contributed by atoms with Crippen molar-refractivity contribution < 1.29 is 13.2 Å². The maximum absolute atomic E-state index is 12.0. The van der Waals surface area contributed by atoms with E-state index < -0.39 is 9.84 Å². The Kier molecular flexibility index (Phi) is 4.65. The minimum atomic E-state index is -3.45. The fourth-order valence-corrected chi connectivity index (χ4v) is 3.57. The van der Waals surface area contributed by atoms with Crippen molar-refractivity contribution in [3.63, 3.8) is 0 Å². The van der Waals surface area contributed by atoms with Gasteiger partial charge in [0.15, 0.2) is 9.84 Å². The fraction of sp³-hybridized carbons (Fsp3) is 0.143. The Hall–Kier alpha value is -1.44. The molecule has 0 bridgehead atoms. The monoisotopic (exact) mass is 339 g/mol. The Bertz CT molecular complexity index is 749. The number of hydrogen-bond donors (Lipinski definition) is 0. The maximum Gasteiger partial charge on any atom is 0.265 e.